The molecule has 2 nitrogen and oxygen atoms in total. The molecular weight excluding hydrogens is 254 g/mol. The van der Waals surface area contributed by atoms with Crippen LogP contribution >= 0.6 is 11.3 Å². The van der Waals surface area contributed by atoms with Crippen molar-refractivity contribution in [3.8, 4) is 11.8 Å². The van der Waals surface area contributed by atoms with Crippen LogP contribution in [0.15, 0.2) is 11.4 Å². The maximum Gasteiger partial charge on any atom is 0.104 e. The number of rotatable bonds is 6. The highest BCUT2D eigenvalue weighted by atomic mass is 32.1. The van der Waals surface area contributed by atoms with Crippen LogP contribution in [0.2, 0.25) is 0 Å². The summed E-state index contributed by atoms with van der Waals surface area (Å²) < 4.78 is 0. The van der Waals surface area contributed by atoms with E-state index in [0.717, 1.165) is 25.2 Å². The Morgan fingerprint density at radius 3 is 2.37 bits per heavy atom. The van der Waals surface area contributed by atoms with Crippen LogP contribution in [0.5, 0.6) is 0 Å². The van der Waals surface area contributed by atoms with Crippen molar-refractivity contribution >= 4 is 11.3 Å². The minimum absolute atomic E-state index is 0.0714. The normalized spacial score (nSPS) is 11.2. The molecule has 0 aliphatic carbocycles. The first-order valence-corrected chi connectivity index (χ1v) is 7.78. The smallest absolute Gasteiger partial charge is 0.104 e. The third-order valence-electron chi connectivity index (χ3n) is 2.59. The maximum atomic E-state index is 8.70. The van der Waals surface area contributed by atoms with Gasteiger partial charge in [0.25, 0.3) is 0 Å². The lowest BCUT2D eigenvalue weighted by atomic mass is 10.1. The van der Waals surface area contributed by atoms with Gasteiger partial charge in [0, 0.05) is 35.5 Å². The number of nitrogens with zero attached hydrogens (tertiary/aromatic N) is 1. The third-order valence-corrected chi connectivity index (χ3v) is 3.51. The Balaban J connectivity index is 2.64. The van der Waals surface area contributed by atoms with Crippen molar-refractivity contribution in [2.75, 3.05) is 19.7 Å². The molecule has 0 fully saturated rings. The Hall–Kier alpha value is -0.820. The molecular formula is C16H25NOS. The van der Waals surface area contributed by atoms with Crippen LogP contribution in [0.4, 0.5) is 0 Å². The fourth-order valence-corrected chi connectivity index (χ4v) is 2.98. The molecule has 0 aliphatic rings. The molecule has 0 amide bonds. The fourth-order valence-electron chi connectivity index (χ4n) is 2.13. The van der Waals surface area contributed by atoms with E-state index < -0.39 is 0 Å². The molecule has 0 aliphatic heterocycles. The van der Waals surface area contributed by atoms with Gasteiger partial charge in [-0.2, -0.15) is 0 Å². The number of aliphatic hydroxyl groups is 1. The summed E-state index contributed by atoms with van der Waals surface area (Å²) in [4.78, 5) is 3.87. The third kappa shape index (κ3) is 6.77. The maximum absolute atomic E-state index is 8.70. The largest absolute Gasteiger partial charge is 0.384 e. The molecule has 0 aromatic carbocycles. The van der Waals surface area contributed by atoms with Gasteiger partial charge in [-0.15, -0.1) is 11.3 Å². The van der Waals surface area contributed by atoms with Gasteiger partial charge in [0.05, 0.1) is 0 Å². The Morgan fingerprint density at radius 1 is 1.21 bits per heavy atom. The minimum atomic E-state index is -0.0714. The second-order valence-electron chi connectivity index (χ2n) is 5.74. The quantitative estimate of drug-likeness (QED) is 0.808. The molecule has 1 heterocycles. The number of hydrogen-bond donors (Lipinski definition) is 1. The molecule has 0 spiro atoms. The molecule has 0 bridgehead atoms. The highest BCUT2D eigenvalue weighted by Gasteiger charge is 2.11. The number of hydrogen-bond acceptors (Lipinski definition) is 3. The van der Waals surface area contributed by atoms with Crippen LogP contribution in [0.25, 0.3) is 0 Å². The first-order chi connectivity index (χ1) is 9.01. The molecule has 106 valence electrons. The van der Waals surface area contributed by atoms with Gasteiger partial charge in [0.2, 0.25) is 0 Å². The van der Waals surface area contributed by atoms with Crippen molar-refractivity contribution in [3.05, 3.63) is 21.9 Å². The van der Waals surface area contributed by atoms with Gasteiger partial charge in [-0.3, -0.25) is 4.90 Å². The van der Waals surface area contributed by atoms with E-state index >= 15 is 0 Å². The van der Waals surface area contributed by atoms with Crippen molar-refractivity contribution in [1.29, 1.82) is 0 Å². The molecule has 19 heavy (non-hydrogen) atoms. The topological polar surface area (TPSA) is 23.5 Å². The van der Waals surface area contributed by atoms with Gasteiger partial charge < -0.3 is 5.11 Å². The van der Waals surface area contributed by atoms with E-state index in [0.29, 0.717) is 11.8 Å². The summed E-state index contributed by atoms with van der Waals surface area (Å²) in [7, 11) is 0. The average molecular weight is 279 g/mol. The van der Waals surface area contributed by atoms with Crippen LogP contribution < -0.4 is 0 Å². The van der Waals surface area contributed by atoms with Crippen LogP contribution in [0.1, 0.15) is 38.1 Å². The van der Waals surface area contributed by atoms with Crippen molar-refractivity contribution in [2.45, 2.75) is 34.2 Å². The van der Waals surface area contributed by atoms with Crippen LogP contribution in [0, 0.1) is 23.7 Å². The highest BCUT2D eigenvalue weighted by Crippen LogP contribution is 2.17. The second kappa shape index (κ2) is 8.37. The first kappa shape index (κ1) is 16.2. The summed E-state index contributed by atoms with van der Waals surface area (Å²) in [5, 5.41) is 10.8. The zero-order valence-corrected chi connectivity index (χ0v) is 13.3. The summed E-state index contributed by atoms with van der Waals surface area (Å²) in [6, 6.07) is 2.14. The Kier molecular flexibility index (Phi) is 7.15. The van der Waals surface area contributed by atoms with Gasteiger partial charge in [-0.05, 0) is 17.9 Å². The van der Waals surface area contributed by atoms with Gasteiger partial charge in [0.1, 0.15) is 6.61 Å². The first-order valence-electron chi connectivity index (χ1n) is 6.90. The lowest BCUT2D eigenvalue weighted by Crippen LogP contribution is -2.30. The molecule has 0 radical (unpaired) electrons. The molecule has 0 saturated carbocycles. The SMILES string of the molecule is CC(C)CN(Cc1cc(C#CCO)cs1)CC(C)C. The van der Waals surface area contributed by atoms with Crippen LogP contribution in [0.3, 0.4) is 0 Å². The summed E-state index contributed by atoms with van der Waals surface area (Å²) >= 11 is 1.76. The molecule has 0 atom stereocenters. The molecule has 1 aromatic rings. The average Bonchev–Trinajstić information content (AvgIpc) is 2.72. The van der Waals surface area contributed by atoms with E-state index in [1.54, 1.807) is 11.3 Å². The van der Waals surface area contributed by atoms with Gasteiger partial charge in [0.15, 0.2) is 0 Å². The summed E-state index contributed by atoms with van der Waals surface area (Å²) in [5.74, 6) is 7.03. The van der Waals surface area contributed by atoms with Crippen molar-refractivity contribution in [1.82, 2.24) is 4.90 Å². The number of aliphatic hydroxyl groups excluding tert-OH is 1. The zero-order valence-electron chi connectivity index (χ0n) is 12.4. The second-order valence-corrected chi connectivity index (χ2v) is 6.74. The lowest BCUT2D eigenvalue weighted by molar-refractivity contribution is 0.213. The standard InChI is InChI=1S/C16H25NOS/c1-13(2)9-17(10-14(3)4)11-16-8-15(12-19-16)6-5-7-18/h8,12-14,18H,7,9-11H2,1-4H3. The fraction of sp³-hybridized carbons (Fsp3) is 0.625. The van der Waals surface area contributed by atoms with Gasteiger partial charge >= 0.3 is 0 Å². The predicted molar refractivity (Wildman–Crippen MR) is 83.2 cm³/mol. The molecule has 0 saturated heterocycles. The molecule has 1 aromatic heterocycles. The van der Waals surface area contributed by atoms with E-state index in [9.17, 15) is 0 Å². The Morgan fingerprint density at radius 2 is 1.84 bits per heavy atom. The lowest BCUT2D eigenvalue weighted by Gasteiger charge is -2.25. The molecule has 1 N–H and O–H groups in total. The summed E-state index contributed by atoms with van der Waals surface area (Å²) in [6.07, 6.45) is 0. The van der Waals surface area contributed by atoms with Crippen molar-refractivity contribution in [3.63, 3.8) is 0 Å². The zero-order chi connectivity index (χ0) is 14.3. The van der Waals surface area contributed by atoms with Crippen molar-refractivity contribution < 1.29 is 5.11 Å². The van der Waals surface area contributed by atoms with E-state index in [2.05, 4.69) is 55.9 Å². The highest BCUT2D eigenvalue weighted by molar-refractivity contribution is 7.10. The Bertz CT molecular complexity index is 415. The van der Waals surface area contributed by atoms with E-state index in [1.807, 2.05) is 0 Å². The van der Waals surface area contributed by atoms with Crippen LogP contribution in [-0.2, 0) is 6.54 Å². The molecule has 0 unspecified atom stereocenters. The Labute approximate surface area is 121 Å². The van der Waals surface area contributed by atoms with Gasteiger partial charge in [-0.25, -0.2) is 0 Å². The van der Waals surface area contributed by atoms with E-state index in [1.165, 1.54) is 4.88 Å². The monoisotopic (exact) mass is 279 g/mol. The summed E-state index contributed by atoms with van der Waals surface area (Å²) in [6.45, 7) is 12.3. The van der Waals surface area contributed by atoms with Crippen LogP contribution in [-0.4, -0.2) is 29.7 Å². The predicted octanol–water partition coefficient (Wildman–Crippen LogP) is 3.21. The van der Waals surface area contributed by atoms with Gasteiger partial charge in [-0.1, -0.05) is 39.5 Å². The van der Waals surface area contributed by atoms with E-state index in [4.69, 9.17) is 5.11 Å². The summed E-state index contributed by atoms with van der Waals surface area (Å²) in [5.41, 5.74) is 1.02. The van der Waals surface area contributed by atoms with Crippen molar-refractivity contribution in [2.24, 2.45) is 11.8 Å². The number of thiophene rings is 1. The molecule has 1 rings (SSSR count). The molecule has 3 heteroatoms. The minimum Gasteiger partial charge on any atom is -0.384 e. The van der Waals surface area contributed by atoms with E-state index in [-0.39, 0.29) is 6.61 Å².